The lowest BCUT2D eigenvalue weighted by Gasteiger charge is -2.33. The third-order valence-corrected chi connectivity index (χ3v) is 5.36. The number of nitrogens with one attached hydrogen (secondary N) is 1. The van der Waals surface area contributed by atoms with E-state index < -0.39 is 0 Å². The van der Waals surface area contributed by atoms with Crippen LogP contribution in [0, 0.1) is 17.2 Å². The first kappa shape index (κ1) is 21.0. The topological polar surface area (TPSA) is 59.4 Å². The highest BCUT2D eigenvalue weighted by atomic mass is 16.2. The van der Waals surface area contributed by atoms with Gasteiger partial charge in [0, 0.05) is 26.2 Å². The van der Waals surface area contributed by atoms with Crippen molar-refractivity contribution in [2.75, 3.05) is 33.2 Å². The number of nitriles is 1. The monoisotopic (exact) mass is 390 g/mol. The Morgan fingerprint density at radius 1 is 1.21 bits per heavy atom. The second-order valence-electron chi connectivity index (χ2n) is 8.02. The van der Waals surface area contributed by atoms with Crippen LogP contribution in [0.3, 0.4) is 0 Å². The average Bonchev–Trinajstić information content (AvgIpc) is 2.73. The van der Waals surface area contributed by atoms with E-state index >= 15 is 0 Å². The summed E-state index contributed by atoms with van der Waals surface area (Å²) in [7, 11) is 1.98. The summed E-state index contributed by atoms with van der Waals surface area (Å²) in [6, 6.07) is 20.2. The summed E-state index contributed by atoms with van der Waals surface area (Å²) < 4.78 is 0. The van der Waals surface area contributed by atoms with Gasteiger partial charge in [-0.1, -0.05) is 42.5 Å². The molecule has 0 saturated carbocycles. The number of hydrogen-bond donors (Lipinski definition) is 1. The summed E-state index contributed by atoms with van der Waals surface area (Å²) in [6.45, 7) is 4.82. The van der Waals surface area contributed by atoms with Gasteiger partial charge in [0.2, 0.25) is 5.91 Å². The molecular formula is C24H30N4O. The number of nitrogens with zero attached hydrogens (tertiary/aromatic N) is 3. The molecule has 1 fully saturated rings. The lowest BCUT2D eigenvalue weighted by atomic mass is 9.97. The third-order valence-electron chi connectivity index (χ3n) is 5.36. The Balaban J connectivity index is 1.40. The molecule has 5 nitrogen and oxygen atoms in total. The molecule has 1 unspecified atom stereocenters. The molecule has 1 amide bonds. The molecule has 2 aromatic carbocycles. The normalized spacial score (nSPS) is 17.1. The number of carbonyl (C=O) groups is 1. The second-order valence-corrected chi connectivity index (χ2v) is 8.02. The van der Waals surface area contributed by atoms with E-state index in [0.29, 0.717) is 18.0 Å². The van der Waals surface area contributed by atoms with Crippen LogP contribution in [-0.4, -0.2) is 48.9 Å². The van der Waals surface area contributed by atoms with Gasteiger partial charge < -0.3 is 5.32 Å². The summed E-state index contributed by atoms with van der Waals surface area (Å²) in [5.41, 5.74) is 3.10. The molecule has 0 spiro atoms. The zero-order valence-corrected chi connectivity index (χ0v) is 17.2. The maximum absolute atomic E-state index is 12.3. The van der Waals surface area contributed by atoms with Crippen LogP contribution in [-0.2, 0) is 17.9 Å². The van der Waals surface area contributed by atoms with Crippen LogP contribution < -0.4 is 5.32 Å². The maximum Gasteiger partial charge on any atom is 0.234 e. The minimum Gasteiger partial charge on any atom is -0.355 e. The minimum absolute atomic E-state index is 0.0854. The Labute approximate surface area is 173 Å². The van der Waals surface area contributed by atoms with Crippen LogP contribution in [0.25, 0.3) is 0 Å². The molecule has 0 bridgehead atoms. The predicted octanol–water partition coefficient (Wildman–Crippen LogP) is 3.02. The Morgan fingerprint density at radius 3 is 2.79 bits per heavy atom. The lowest BCUT2D eigenvalue weighted by molar-refractivity contribution is -0.122. The SMILES string of the molecule is CN(CC(=O)NCC1CCCN(Cc2cccc(C#N)c2)C1)Cc1ccccc1. The number of piperidine rings is 1. The van der Waals surface area contributed by atoms with Gasteiger partial charge in [0.15, 0.2) is 0 Å². The summed E-state index contributed by atoms with van der Waals surface area (Å²) in [5.74, 6) is 0.563. The Bertz CT molecular complexity index is 830. The van der Waals surface area contributed by atoms with Crippen LogP contribution >= 0.6 is 0 Å². The number of carbonyl (C=O) groups excluding carboxylic acids is 1. The standard InChI is InChI=1S/C24H30N4O/c1-27(16-20-7-3-2-4-8-20)19-24(29)26-15-23-11-6-12-28(18-23)17-22-10-5-9-21(13-22)14-25/h2-5,7-10,13,23H,6,11-12,15-19H2,1H3,(H,26,29). The van der Waals surface area contributed by atoms with Gasteiger partial charge in [0.25, 0.3) is 0 Å². The van der Waals surface area contributed by atoms with E-state index in [2.05, 4.69) is 34.5 Å². The summed E-state index contributed by atoms with van der Waals surface area (Å²) in [5, 5.41) is 12.2. The number of benzene rings is 2. The largest absolute Gasteiger partial charge is 0.355 e. The van der Waals surface area contributed by atoms with Crippen molar-refractivity contribution in [1.82, 2.24) is 15.1 Å². The molecule has 1 aliphatic heterocycles. The Hall–Kier alpha value is -2.68. The molecule has 29 heavy (non-hydrogen) atoms. The minimum atomic E-state index is 0.0854. The number of likely N-dealkylation sites (N-methyl/N-ethyl adjacent to an activating group) is 1. The number of rotatable bonds is 8. The smallest absolute Gasteiger partial charge is 0.234 e. The van der Waals surface area contributed by atoms with Crippen molar-refractivity contribution in [1.29, 1.82) is 5.26 Å². The first-order chi connectivity index (χ1) is 14.1. The van der Waals surface area contributed by atoms with Crippen molar-refractivity contribution in [3.63, 3.8) is 0 Å². The molecule has 0 aliphatic carbocycles. The highest BCUT2D eigenvalue weighted by molar-refractivity contribution is 5.77. The average molecular weight is 391 g/mol. The lowest BCUT2D eigenvalue weighted by Crippen LogP contribution is -2.42. The van der Waals surface area contributed by atoms with Crippen LogP contribution in [0.1, 0.15) is 29.5 Å². The van der Waals surface area contributed by atoms with Gasteiger partial charge in [0.1, 0.15) is 0 Å². The Morgan fingerprint density at radius 2 is 2.00 bits per heavy atom. The zero-order chi connectivity index (χ0) is 20.5. The summed E-state index contributed by atoms with van der Waals surface area (Å²) in [6.07, 6.45) is 2.29. The van der Waals surface area contributed by atoms with Gasteiger partial charge >= 0.3 is 0 Å². The predicted molar refractivity (Wildman–Crippen MR) is 115 cm³/mol. The number of likely N-dealkylation sites (tertiary alicyclic amines) is 1. The molecule has 0 aromatic heterocycles. The van der Waals surface area contributed by atoms with E-state index in [1.807, 2.05) is 48.3 Å². The summed E-state index contributed by atoms with van der Waals surface area (Å²) in [4.78, 5) is 16.8. The van der Waals surface area contributed by atoms with Gasteiger partial charge in [-0.25, -0.2) is 0 Å². The van der Waals surface area contributed by atoms with Gasteiger partial charge in [-0.2, -0.15) is 5.26 Å². The molecule has 0 radical (unpaired) electrons. The van der Waals surface area contributed by atoms with Crippen molar-refractivity contribution >= 4 is 5.91 Å². The highest BCUT2D eigenvalue weighted by Gasteiger charge is 2.20. The van der Waals surface area contributed by atoms with Crippen LogP contribution in [0.4, 0.5) is 0 Å². The van der Waals surface area contributed by atoms with E-state index in [1.54, 1.807) is 0 Å². The second kappa shape index (κ2) is 10.8. The number of amides is 1. The molecule has 1 heterocycles. The molecule has 1 aliphatic rings. The van der Waals surface area contributed by atoms with Crippen molar-refractivity contribution in [2.24, 2.45) is 5.92 Å². The fourth-order valence-corrected chi connectivity index (χ4v) is 3.97. The highest BCUT2D eigenvalue weighted by Crippen LogP contribution is 2.18. The van der Waals surface area contributed by atoms with Crippen molar-refractivity contribution in [3.8, 4) is 6.07 Å². The van der Waals surface area contributed by atoms with E-state index in [0.717, 1.165) is 45.6 Å². The first-order valence-electron chi connectivity index (χ1n) is 10.3. The van der Waals surface area contributed by atoms with Crippen molar-refractivity contribution in [2.45, 2.75) is 25.9 Å². The van der Waals surface area contributed by atoms with E-state index in [4.69, 9.17) is 5.26 Å². The molecule has 3 rings (SSSR count). The van der Waals surface area contributed by atoms with Gasteiger partial charge in [-0.15, -0.1) is 0 Å². The molecule has 1 saturated heterocycles. The first-order valence-corrected chi connectivity index (χ1v) is 10.3. The zero-order valence-electron chi connectivity index (χ0n) is 17.2. The third kappa shape index (κ3) is 7.01. The van der Waals surface area contributed by atoms with E-state index in [1.165, 1.54) is 11.1 Å². The molecule has 1 N–H and O–H groups in total. The molecule has 2 aromatic rings. The fourth-order valence-electron chi connectivity index (χ4n) is 3.97. The van der Waals surface area contributed by atoms with Crippen LogP contribution in [0.15, 0.2) is 54.6 Å². The van der Waals surface area contributed by atoms with E-state index in [9.17, 15) is 4.79 Å². The molecule has 152 valence electrons. The van der Waals surface area contributed by atoms with Crippen molar-refractivity contribution in [3.05, 3.63) is 71.3 Å². The van der Waals surface area contributed by atoms with Gasteiger partial charge in [-0.05, 0) is 55.6 Å². The summed E-state index contributed by atoms with van der Waals surface area (Å²) >= 11 is 0. The fraction of sp³-hybridized carbons (Fsp3) is 0.417. The van der Waals surface area contributed by atoms with Crippen LogP contribution in [0.5, 0.6) is 0 Å². The quantitative estimate of drug-likeness (QED) is 0.753. The molecule has 5 heteroatoms. The number of hydrogen-bond acceptors (Lipinski definition) is 4. The van der Waals surface area contributed by atoms with E-state index in [-0.39, 0.29) is 5.91 Å². The molecule has 1 atom stereocenters. The van der Waals surface area contributed by atoms with Gasteiger partial charge in [-0.3, -0.25) is 14.6 Å². The maximum atomic E-state index is 12.3. The van der Waals surface area contributed by atoms with Crippen molar-refractivity contribution < 1.29 is 4.79 Å². The van der Waals surface area contributed by atoms with Crippen LogP contribution in [0.2, 0.25) is 0 Å². The molecular weight excluding hydrogens is 360 g/mol. The Kier molecular flexibility index (Phi) is 7.80. The van der Waals surface area contributed by atoms with Gasteiger partial charge in [0.05, 0.1) is 18.2 Å².